The van der Waals surface area contributed by atoms with Crippen molar-refractivity contribution in [2.45, 2.75) is 70.7 Å². The number of nitrogens with zero attached hydrogens (tertiary/aromatic N) is 5. The van der Waals surface area contributed by atoms with Crippen LogP contribution in [0.25, 0.3) is 11.3 Å². The molecule has 3 aromatic rings. The van der Waals surface area contributed by atoms with Gasteiger partial charge in [0.2, 0.25) is 11.8 Å². The van der Waals surface area contributed by atoms with Gasteiger partial charge in [0.1, 0.15) is 29.8 Å². The molecule has 4 heterocycles. The maximum Gasteiger partial charge on any atom is 0.407 e. The number of ether oxygens (including phenoxy) is 2. The fourth-order valence-electron chi connectivity index (χ4n) is 7.87. The van der Waals surface area contributed by atoms with Crippen LogP contribution in [0, 0.1) is 23.7 Å². The highest BCUT2D eigenvalue weighted by atomic mass is 16.5. The molecule has 0 radical (unpaired) electrons. The minimum absolute atomic E-state index is 0.117. The summed E-state index contributed by atoms with van der Waals surface area (Å²) in [6.07, 6.45) is 2.05. The number of carbonyl (C=O) groups is 5. The number of rotatable bonds is 10. The van der Waals surface area contributed by atoms with Gasteiger partial charge in [0.15, 0.2) is 0 Å². The third-order valence-electron chi connectivity index (χ3n) is 11.3. The van der Waals surface area contributed by atoms with Crippen LogP contribution >= 0.6 is 0 Å². The molecule has 1 unspecified atom stereocenters. The van der Waals surface area contributed by atoms with Crippen LogP contribution in [0.4, 0.5) is 14.4 Å². The zero-order valence-corrected chi connectivity index (χ0v) is 35.8. The van der Waals surface area contributed by atoms with Gasteiger partial charge in [-0.1, -0.05) is 63.8 Å². The van der Waals surface area contributed by atoms with Gasteiger partial charge in [-0.2, -0.15) is 0 Å². The van der Waals surface area contributed by atoms with Gasteiger partial charge < -0.3 is 50.4 Å². The fraction of sp³-hybridized carbons (Fsp3) is 0.477. The number of methoxy groups -OCH3 is 2. The van der Waals surface area contributed by atoms with Crippen LogP contribution in [0.1, 0.15) is 75.1 Å². The first-order valence-electron chi connectivity index (χ1n) is 20.7. The number of nitrogens with one attached hydrogen (secondary N) is 5. The minimum atomic E-state index is -0.813. The summed E-state index contributed by atoms with van der Waals surface area (Å²) in [5.41, 5.74) is 4.44. The van der Waals surface area contributed by atoms with E-state index in [0.29, 0.717) is 31.3 Å². The maximum absolute atomic E-state index is 13.9. The van der Waals surface area contributed by atoms with E-state index in [1.165, 1.54) is 14.2 Å². The van der Waals surface area contributed by atoms with Gasteiger partial charge in [0.05, 0.1) is 51.3 Å². The second kappa shape index (κ2) is 19.7. The highest BCUT2D eigenvalue weighted by Gasteiger charge is 2.41. The van der Waals surface area contributed by atoms with Crippen LogP contribution < -0.4 is 21.3 Å². The summed E-state index contributed by atoms with van der Waals surface area (Å²) in [7, 11) is 4.11. The van der Waals surface area contributed by atoms with E-state index < -0.39 is 30.3 Å². The Balaban J connectivity index is 1.08. The number of amides is 6. The number of aliphatic imine (C=N–C) groups is 1. The van der Waals surface area contributed by atoms with Crippen molar-refractivity contribution in [3.63, 3.8) is 0 Å². The average Bonchev–Trinajstić information content (AvgIpc) is 4.08. The minimum Gasteiger partial charge on any atom is -0.453 e. The molecule has 6 rings (SSSR count). The van der Waals surface area contributed by atoms with E-state index in [1.54, 1.807) is 27.9 Å². The lowest BCUT2D eigenvalue weighted by atomic mass is 10.0. The molecule has 5 atom stereocenters. The number of aromatic nitrogens is 2. The molecule has 2 aromatic carbocycles. The summed E-state index contributed by atoms with van der Waals surface area (Å²) in [4.78, 5) is 82.1. The molecule has 2 fully saturated rings. The van der Waals surface area contributed by atoms with Gasteiger partial charge in [-0.25, -0.2) is 19.4 Å². The van der Waals surface area contributed by atoms with E-state index in [1.807, 2.05) is 76.2 Å². The van der Waals surface area contributed by atoms with Crippen LogP contribution in [0.5, 0.6) is 0 Å². The van der Waals surface area contributed by atoms with Crippen LogP contribution in [0.2, 0.25) is 0 Å². The van der Waals surface area contributed by atoms with Crippen molar-refractivity contribution in [1.29, 1.82) is 0 Å². The molecule has 5 N–H and O–H groups in total. The quantitative estimate of drug-likeness (QED) is 0.188. The Hall–Kier alpha value is -6.57. The van der Waals surface area contributed by atoms with Crippen molar-refractivity contribution in [3.05, 3.63) is 77.2 Å². The molecule has 3 aliphatic heterocycles. The van der Waals surface area contributed by atoms with E-state index in [-0.39, 0.29) is 54.9 Å². The number of likely N-dealkylation sites (tertiary alicyclic amines) is 1. The number of hydrogen-bond donors (Lipinski definition) is 5. The average molecular weight is 837 g/mol. The molecule has 17 heteroatoms. The number of carbonyl (C=O) groups excluding carboxylic acids is 5. The summed E-state index contributed by atoms with van der Waals surface area (Å²) >= 11 is 0. The predicted octanol–water partition coefficient (Wildman–Crippen LogP) is 3.80. The molecular formula is C44H56N10O7. The zero-order chi connectivity index (χ0) is 43.8. The SMILES string of the molecule is CNC(=O)N1CCN(C(=O)[C@@H](NC(=O)OC)C(C)C)[C@H](C2=NCC(c3ccc(C#Cc4ccc(-c5cnc([C@@H]6CCCN6C(=O)[C@@H](NC(=O)OC)C(C)C)[nH]5)cc4)cc3)N2)C1. The predicted molar refractivity (Wildman–Crippen MR) is 228 cm³/mol. The van der Waals surface area contributed by atoms with Gasteiger partial charge in [-0.15, -0.1) is 0 Å². The molecule has 3 aliphatic rings. The Morgan fingerprint density at radius 3 is 1.92 bits per heavy atom. The lowest BCUT2D eigenvalue weighted by Crippen LogP contribution is -2.65. The van der Waals surface area contributed by atoms with Crippen molar-refractivity contribution in [2.24, 2.45) is 16.8 Å². The molecule has 17 nitrogen and oxygen atoms in total. The summed E-state index contributed by atoms with van der Waals surface area (Å²) < 4.78 is 9.53. The van der Waals surface area contributed by atoms with E-state index in [2.05, 4.69) is 43.1 Å². The van der Waals surface area contributed by atoms with E-state index in [4.69, 9.17) is 14.5 Å². The Labute approximate surface area is 356 Å². The summed E-state index contributed by atoms with van der Waals surface area (Å²) in [6.45, 7) is 9.37. The number of amidine groups is 1. The number of urea groups is 1. The topological polar surface area (TPSA) is 203 Å². The maximum atomic E-state index is 13.9. The third-order valence-corrected chi connectivity index (χ3v) is 11.3. The molecule has 324 valence electrons. The molecule has 0 saturated carbocycles. The zero-order valence-electron chi connectivity index (χ0n) is 35.8. The van der Waals surface area contributed by atoms with E-state index in [9.17, 15) is 24.0 Å². The normalized spacial score (nSPS) is 19.6. The highest BCUT2D eigenvalue weighted by molar-refractivity contribution is 5.96. The highest BCUT2D eigenvalue weighted by Crippen LogP contribution is 2.33. The van der Waals surface area contributed by atoms with Crippen LogP contribution in [0.3, 0.4) is 0 Å². The van der Waals surface area contributed by atoms with Crippen molar-refractivity contribution < 1.29 is 33.4 Å². The number of hydrogen-bond acceptors (Lipinski definition) is 10. The van der Waals surface area contributed by atoms with Crippen molar-refractivity contribution >= 4 is 35.9 Å². The van der Waals surface area contributed by atoms with Gasteiger partial charge >= 0.3 is 18.2 Å². The summed E-state index contributed by atoms with van der Waals surface area (Å²) in [5.74, 6) is 7.05. The molecule has 0 aliphatic carbocycles. The lowest BCUT2D eigenvalue weighted by Gasteiger charge is -2.43. The Bertz CT molecular complexity index is 2160. The van der Waals surface area contributed by atoms with Gasteiger partial charge in [-0.3, -0.25) is 14.6 Å². The standard InChI is InChI=1S/C44H56N10O7/c1-26(2)36(50-43(58)60-6)40(55)53-20-8-9-34(53)38-46-23-32(48-38)30-16-12-28(13-17-30)10-11-29-14-18-31(19-15-29)33-24-47-39(49-33)35-25-52(42(57)45-5)21-22-54(35)41(56)37(27(3)4)51-44(59)61-7/h12-19,23,26-27,33-37H,8-9,20-22,24-25H2,1-7H3,(H,45,57)(H,46,48)(H,47,49)(H,50,58)(H,51,59)/t33?,34-,35-,36-,37-/m0/s1. The van der Waals surface area contributed by atoms with Gasteiger partial charge in [-0.05, 0) is 60.1 Å². The van der Waals surface area contributed by atoms with Gasteiger partial charge in [0, 0.05) is 37.8 Å². The second-order valence-electron chi connectivity index (χ2n) is 16.0. The summed E-state index contributed by atoms with van der Waals surface area (Å²) in [6, 6.07) is 13.1. The van der Waals surface area contributed by atoms with Gasteiger partial charge in [0.25, 0.3) is 0 Å². The van der Waals surface area contributed by atoms with Crippen molar-refractivity contribution in [3.8, 4) is 23.1 Å². The van der Waals surface area contributed by atoms with Crippen molar-refractivity contribution in [2.75, 3.05) is 54.0 Å². The number of aromatic amines is 1. The number of benzene rings is 2. The molecule has 61 heavy (non-hydrogen) atoms. The number of alkyl carbamates (subject to hydrolysis) is 2. The molecule has 0 spiro atoms. The van der Waals surface area contributed by atoms with Crippen LogP contribution in [-0.2, 0) is 19.1 Å². The first-order valence-corrected chi connectivity index (χ1v) is 20.7. The Kier molecular flexibility index (Phi) is 14.2. The second-order valence-corrected chi connectivity index (χ2v) is 16.0. The number of piperazine rings is 1. The summed E-state index contributed by atoms with van der Waals surface area (Å²) in [5, 5.41) is 11.5. The molecule has 1 aromatic heterocycles. The number of H-pyrrole nitrogens is 1. The molecule has 6 amide bonds. The first-order chi connectivity index (χ1) is 29.3. The smallest absolute Gasteiger partial charge is 0.407 e. The third kappa shape index (κ3) is 10.2. The Morgan fingerprint density at radius 1 is 0.787 bits per heavy atom. The molecule has 2 saturated heterocycles. The first kappa shape index (κ1) is 44.0. The lowest BCUT2D eigenvalue weighted by molar-refractivity contribution is -0.137. The monoisotopic (exact) mass is 836 g/mol. The van der Waals surface area contributed by atoms with E-state index in [0.717, 1.165) is 40.8 Å². The van der Waals surface area contributed by atoms with Crippen molar-refractivity contribution in [1.82, 2.24) is 45.9 Å². The molecule has 0 bridgehead atoms. The molecular weight excluding hydrogens is 781 g/mol. The van der Waals surface area contributed by atoms with E-state index >= 15 is 0 Å². The van der Waals surface area contributed by atoms with Crippen LogP contribution in [0.15, 0.2) is 59.7 Å². The Morgan fingerprint density at radius 2 is 1.36 bits per heavy atom. The fourth-order valence-corrected chi connectivity index (χ4v) is 7.87. The number of imidazole rings is 1. The van der Waals surface area contributed by atoms with Crippen LogP contribution in [-0.4, -0.2) is 133 Å². The largest absolute Gasteiger partial charge is 0.453 e.